The molecule has 1 saturated carbocycles. The van der Waals surface area contributed by atoms with E-state index in [1.807, 2.05) is 42.3 Å². The van der Waals surface area contributed by atoms with E-state index in [9.17, 15) is 9.59 Å². The van der Waals surface area contributed by atoms with Gasteiger partial charge in [0.15, 0.2) is 0 Å². The maximum atomic E-state index is 12.6. The van der Waals surface area contributed by atoms with Gasteiger partial charge in [-0.15, -0.1) is 0 Å². The third-order valence-corrected chi connectivity index (χ3v) is 4.91. The fraction of sp³-hybridized carbons (Fsp3) is 0.556. The molecule has 0 radical (unpaired) electrons. The van der Waals surface area contributed by atoms with Crippen LogP contribution in [0, 0.1) is 5.92 Å². The third kappa shape index (κ3) is 3.16. The molecule has 1 heterocycles. The van der Waals surface area contributed by atoms with Gasteiger partial charge in [0, 0.05) is 32.6 Å². The van der Waals surface area contributed by atoms with Crippen LogP contribution in [-0.2, 0) is 16.1 Å². The minimum atomic E-state index is -0.165. The smallest absolute Gasteiger partial charge is 0.228 e. The highest BCUT2D eigenvalue weighted by Crippen LogP contribution is 2.30. The maximum Gasteiger partial charge on any atom is 0.228 e. The normalized spacial score (nSPS) is 22.3. The molecule has 118 valence electrons. The molecule has 4 heteroatoms. The number of carbonyl (C=O) groups excluding carboxylic acids is 2. The maximum absolute atomic E-state index is 12.6. The Morgan fingerprint density at radius 1 is 1.23 bits per heavy atom. The van der Waals surface area contributed by atoms with Crippen molar-refractivity contribution in [2.75, 3.05) is 13.6 Å². The number of hydrogen-bond donors (Lipinski definition) is 0. The predicted molar refractivity (Wildman–Crippen MR) is 85.0 cm³/mol. The van der Waals surface area contributed by atoms with Crippen LogP contribution in [-0.4, -0.2) is 41.2 Å². The molecule has 0 unspecified atom stereocenters. The second-order valence-electron chi connectivity index (χ2n) is 6.57. The van der Waals surface area contributed by atoms with Gasteiger partial charge in [-0.1, -0.05) is 43.2 Å². The number of benzene rings is 1. The standard InChI is InChI=1S/C18H24N2O2/c1-19(12-14-7-3-2-4-8-14)18(22)15-11-17(21)20(13-15)16-9-5-6-10-16/h2-4,7-8,15-16H,5-6,9-13H2,1H3/t15-/m1/s1. The van der Waals surface area contributed by atoms with E-state index in [2.05, 4.69) is 0 Å². The zero-order valence-electron chi connectivity index (χ0n) is 13.2. The Labute approximate surface area is 132 Å². The second-order valence-corrected chi connectivity index (χ2v) is 6.57. The first kappa shape index (κ1) is 15.1. The number of amides is 2. The predicted octanol–water partition coefficient (Wildman–Crippen LogP) is 2.44. The summed E-state index contributed by atoms with van der Waals surface area (Å²) in [4.78, 5) is 28.5. The van der Waals surface area contributed by atoms with E-state index in [-0.39, 0.29) is 17.7 Å². The van der Waals surface area contributed by atoms with Gasteiger partial charge in [0.05, 0.1) is 5.92 Å². The summed E-state index contributed by atoms with van der Waals surface area (Å²) < 4.78 is 0. The van der Waals surface area contributed by atoms with Gasteiger partial charge in [-0.2, -0.15) is 0 Å². The van der Waals surface area contributed by atoms with Gasteiger partial charge in [-0.3, -0.25) is 9.59 Å². The van der Waals surface area contributed by atoms with Crippen LogP contribution in [0.5, 0.6) is 0 Å². The van der Waals surface area contributed by atoms with Crippen LogP contribution in [0.1, 0.15) is 37.7 Å². The van der Waals surface area contributed by atoms with E-state index >= 15 is 0 Å². The molecule has 0 spiro atoms. The zero-order chi connectivity index (χ0) is 15.5. The van der Waals surface area contributed by atoms with Crippen LogP contribution >= 0.6 is 0 Å². The van der Waals surface area contributed by atoms with Gasteiger partial charge in [-0.25, -0.2) is 0 Å². The Morgan fingerprint density at radius 2 is 1.91 bits per heavy atom. The van der Waals surface area contributed by atoms with Gasteiger partial charge in [-0.05, 0) is 18.4 Å². The fourth-order valence-corrected chi connectivity index (χ4v) is 3.71. The minimum Gasteiger partial charge on any atom is -0.341 e. The molecule has 1 saturated heterocycles. The number of rotatable bonds is 4. The molecule has 1 aliphatic carbocycles. The summed E-state index contributed by atoms with van der Waals surface area (Å²) in [6.45, 7) is 1.22. The van der Waals surface area contributed by atoms with Crippen molar-refractivity contribution in [2.45, 2.75) is 44.7 Å². The summed E-state index contributed by atoms with van der Waals surface area (Å²) >= 11 is 0. The molecule has 4 nitrogen and oxygen atoms in total. The lowest BCUT2D eigenvalue weighted by atomic mass is 10.1. The summed E-state index contributed by atoms with van der Waals surface area (Å²) in [6.07, 6.45) is 5.01. The molecular formula is C18H24N2O2. The molecule has 1 atom stereocenters. The van der Waals surface area contributed by atoms with E-state index < -0.39 is 0 Å². The number of likely N-dealkylation sites (tertiary alicyclic amines) is 1. The van der Waals surface area contributed by atoms with E-state index in [1.54, 1.807) is 4.90 Å². The van der Waals surface area contributed by atoms with Crippen molar-refractivity contribution < 1.29 is 9.59 Å². The number of hydrogen-bond acceptors (Lipinski definition) is 2. The molecule has 0 N–H and O–H groups in total. The fourth-order valence-electron chi connectivity index (χ4n) is 3.71. The van der Waals surface area contributed by atoms with Gasteiger partial charge in [0.1, 0.15) is 0 Å². The van der Waals surface area contributed by atoms with Crippen molar-refractivity contribution in [3.05, 3.63) is 35.9 Å². The Bertz CT molecular complexity index is 537. The van der Waals surface area contributed by atoms with Crippen molar-refractivity contribution >= 4 is 11.8 Å². The summed E-state index contributed by atoms with van der Waals surface area (Å²) in [5.41, 5.74) is 1.12. The summed E-state index contributed by atoms with van der Waals surface area (Å²) in [5, 5.41) is 0. The largest absolute Gasteiger partial charge is 0.341 e. The van der Waals surface area contributed by atoms with E-state index in [4.69, 9.17) is 0 Å². The number of carbonyl (C=O) groups is 2. The van der Waals surface area contributed by atoms with Gasteiger partial charge >= 0.3 is 0 Å². The molecule has 1 aromatic carbocycles. The number of nitrogens with zero attached hydrogens (tertiary/aromatic N) is 2. The Balaban J connectivity index is 1.59. The molecular weight excluding hydrogens is 276 g/mol. The van der Waals surface area contributed by atoms with Crippen LogP contribution in [0.15, 0.2) is 30.3 Å². The lowest BCUT2D eigenvalue weighted by Crippen LogP contribution is -2.37. The topological polar surface area (TPSA) is 40.6 Å². The first-order chi connectivity index (χ1) is 10.6. The van der Waals surface area contributed by atoms with Gasteiger partial charge in [0.25, 0.3) is 0 Å². The second kappa shape index (κ2) is 6.51. The average Bonchev–Trinajstić information content (AvgIpc) is 3.16. The lowest BCUT2D eigenvalue weighted by molar-refractivity contribution is -0.135. The van der Waals surface area contributed by atoms with Gasteiger partial charge < -0.3 is 9.80 Å². The zero-order valence-corrected chi connectivity index (χ0v) is 13.2. The van der Waals surface area contributed by atoms with Crippen molar-refractivity contribution in [1.82, 2.24) is 9.80 Å². The highest BCUT2D eigenvalue weighted by atomic mass is 16.2. The molecule has 3 rings (SSSR count). The van der Waals surface area contributed by atoms with Crippen LogP contribution < -0.4 is 0 Å². The highest BCUT2D eigenvalue weighted by molar-refractivity contribution is 5.89. The van der Waals surface area contributed by atoms with E-state index in [0.29, 0.717) is 25.6 Å². The molecule has 22 heavy (non-hydrogen) atoms. The van der Waals surface area contributed by atoms with Gasteiger partial charge in [0.2, 0.25) is 11.8 Å². The minimum absolute atomic E-state index is 0.0951. The van der Waals surface area contributed by atoms with E-state index in [0.717, 1.165) is 18.4 Å². The monoisotopic (exact) mass is 300 g/mol. The van der Waals surface area contributed by atoms with Crippen LogP contribution in [0.2, 0.25) is 0 Å². The average molecular weight is 300 g/mol. The molecule has 2 amide bonds. The van der Waals surface area contributed by atoms with Crippen molar-refractivity contribution in [1.29, 1.82) is 0 Å². The van der Waals surface area contributed by atoms with Crippen LogP contribution in [0.25, 0.3) is 0 Å². The summed E-state index contributed by atoms with van der Waals surface area (Å²) in [5.74, 6) is 0.0953. The Hall–Kier alpha value is -1.84. The molecule has 0 bridgehead atoms. The summed E-state index contributed by atoms with van der Waals surface area (Å²) in [7, 11) is 1.83. The molecule has 1 aromatic rings. The Kier molecular flexibility index (Phi) is 4.46. The van der Waals surface area contributed by atoms with E-state index in [1.165, 1.54) is 12.8 Å². The first-order valence-corrected chi connectivity index (χ1v) is 8.23. The molecule has 2 fully saturated rings. The summed E-state index contributed by atoms with van der Waals surface area (Å²) in [6, 6.07) is 10.4. The lowest BCUT2D eigenvalue weighted by Gasteiger charge is -2.25. The van der Waals surface area contributed by atoms with Crippen molar-refractivity contribution in [3.8, 4) is 0 Å². The molecule has 1 aliphatic heterocycles. The van der Waals surface area contributed by atoms with Crippen LogP contribution in [0.4, 0.5) is 0 Å². The third-order valence-electron chi connectivity index (χ3n) is 4.91. The highest BCUT2D eigenvalue weighted by Gasteiger charge is 2.39. The first-order valence-electron chi connectivity index (χ1n) is 8.23. The van der Waals surface area contributed by atoms with Crippen LogP contribution in [0.3, 0.4) is 0 Å². The molecule has 2 aliphatic rings. The quantitative estimate of drug-likeness (QED) is 0.857. The SMILES string of the molecule is CN(Cc1ccccc1)C(=O)[C@@H]1CC(=O)N(C2CCCC2)C1. The van der Waals surface area contributed by atoms with Crippen molar-refractivity contribution in [2.24, 2.45) is 5.92 Å². The van der Waals surface area contributed by atoms with Crippen molar-refractivity contribution in [3.63, 3.8) is 0 Å². The molecule has 0 aromatic heterocycles. The Morgan fingerprint density at radius 3 is 2.59 bits per heavy atom.